The van der Waals surface area contributed by atoms with E-state index < -0.39 is 23.1 Å². The SMILES string of the molecule is O=C1C(O)=C(O)C(=O)C(Cc2ccc(OCc3ccccc3)c(O)c2)=C1S. The summed E-state index contributed by atoms with van der Waals surface area (Å²) in [5.41, 5.74) is 1.40. The summed E-state index contributed by atoms with van der Waals surface area (Å²) >= 11 is 3.98. The molecular weight excluding hydrogens is 368 g/mol. The maximum Gasteiger partial charge on any atom is 0.237 e. The molecule has 0 unspecified atom stereocenters. The Kier molecular flexibility index (Phi) is 5.23. The molecule has 7 heteroatoms. The Hall–Kier alpha value is -3.19. The van der Waals surface area contributed by atoms with Crippen LogP contribution in [0.25, 0.3) is 0 Å². The van der Waals surface area contributed by atoms with E-state index in [0.29, 0.717) is 5.56 Å². The summed E-state index contributed by atoms with van der Waals surface area (Å²) in [7, 11) is 0. The Balaban J connectivity index is 1.76. The van der Waals surface area contributed by atoms with Crippen LogP contribution < -0.4 is 4.74 Å². The molecule has 0 aromatic heterocycles. The van der Waals surface area contributed by atoms with Gasteiger partial charge < -0.3 is 20.1 Å². The zero-order valence-corrected chi connectivity index (χ0v) is 14.9. The highest BCUT2D eigenvalue weighted by Gasteiger charge is 2.33. The number of ether oxygens (including phenoxy) is 1. The minimum absolute atomic E-state index is 0.0483. The second kappa shape index (κ2) is 7.59. The fourth-order valence-electron chi connectivity index (χ4n) is 2.61. The molecule has 0 fully saturated rings. The summed E-state index contributed by atoms with van der Waals surface area (Å²) in [6, 6.07) is 14.0. The first-order valence-corrected chi connectivity index (χ1v) is 8.45. The first-order chi connectivity index (χ1) is 12.9. The van der Waals surface area contributed by atoms with Crippen molar-refractivity contribution >= 4 is 24.2 Å². The third-order valence-corrected chi connectivity index (χ3v) is 4.54. The largest absolute Gasteiger partial charge is 0.504 e. The van der Waals surface area contributed by atoms with Gasteiger partial charge in [0.25, 0.3) is 0 Å². The van der Waals surface area contributed by atoms with Crippen molar-refractivity contribution in [2.75, 3.05) is 0 Å². The molecule has 3 rings (SSSR count). The fraction of sp³-hybridized carbons (Fsp3) is 0.100. The highest BCUT2D eigenvalue weighted by atomic mass is 32.1. The van der Waals surface area contributed by atoms with Gasteiger partial charge in [0.2, 0.25) is 23.1 Å². The van der Waals surface area contributed by atoms with Crippen LogP contribution in [0, 0.1) is 0 Å². The number of phenols is 1. The lowest BCUT2D eigenvalue weighted by Gasteiger charge is -2.16. The number of thiol groups is 1. The van der Waals surface area contributed by atoms with Crippen LogP contribution in [0.15, 0.2) is 70.5 Å². The van der Waals surface area contributed by atoms with Gasteiger partial charge in [-0.25, -0.2) is 0 Å². The van der Waals surface area contributed by atoms with E-state index in [1.54, 1.807) is 12.1 Å². The Morgan fingerprint density at radius 3 is 2.19 bits per heavy atom. The minimum Gasteiger partial charge on any atom is -0.504 e. The van der Waals surface area contributed by atoms with E-state index in [9.17, 15) is 24.9 Å². The van der Waals surface area contributed by atoms with Gasteiger partial charge in [-0.05, 0) is 23.3 Å². The van der Waals surface area contributed by atoms with Gasteiger partial charge in [-0.3, -0.25) is 9.59 Å². The number of benzene rings is 2. The van der Waals surface area contributed by atoms with Gasteiger partial charge in [0.1, 0.15) is 6.61 Å². The number of allylic oxidation sites excluding steroid dienone is 2. The second-order valence-electron chi connectivity index (χ2n) is 5.94. The summed E-state index contributed by atoms with van der Waals surface area (Å²) < 4.78 is 5.58. The molecule has 2 aromatic rings. The summed E-state index contributed by atoms with van der Waals surface area (Å²) in [4.78, 5) is 23.7. The van der Waals surface area contributed by atoms with Crippen LogP contribution >= 0.6 is 12.6 Å². The number of rotatable bonds is 5. The average Bonchev–Trinajstić information content (AvgIpc) is 2.68. The van der Waals surface area contributed by atoms with E-state index in [2.05, 4.69) is 12.6 Å². The summed E-state index contributed by atoms with van der Waals surface area (Å²) in [6.07, 6.45) is -0.0483. The van der Waals surface area contributed by atoms with Crippen molar-refractivity contribution in [1.29, 1.82) is 0 Å². The predicted octanol–water partition coefficient (Wildman–Crippen LogP) is 3.18. The minimum atomic E-state index is -1.01. The molecule has 0 radical (unpaired) electrons. The van der Waals surface area contributed by atoms with Crippen molar-refractivity contribution < 1.29 is 29.6 Å². The van der Waals surface area contributed by atoms with Crippen LogP contribution in [0.1, 0.15) is 11.1 Å². The number of carbonyl (C=O) groups excluding carboxylic acids is 2. The molecule has 0 bridgehead atoms. The van der Waals surface area contributed by atoms with Gasteiger partial charge in [-0.15, -0.1) is 12.6 Å². The van der Waals surface area contributed by atoms with E-state index in [0.717, 1.165) is 5.56 Å². The molecular formula is C20H16O6S. The van der Waals surface area contributed by atoms with Gasteiger partial charge in [-0.1, -0.05) is 36.4 Å². The number of aliphatic hydroxyl groups excluding tert-OH is 2. The average molecular weight is 384 g/mol. The lowest BCUT2D eigenvalue weighted by Crippen LogP contribution is -2.23. The van der Waals surface area contributed by atoms with Crippen molar-refractivity contribution in [1.82, 2.24) is 0 Å². The molecule has 2 aromatic carbocycles. The Morgan fingerprint density at radius 1 is 0.852 bits per heavy atom. The van der Waals surface area contributed by atoms with Gasteiger partial charge >= 0.3 is 0 Å². The zero-order chi connectivity index (χ0) is 19.6. The second-order valence-corrected chi connectivity index (χ2v) is 6.38. The molecule has 6 nitrogen and oxygen atoms in total. The van der Waals surface area contributed by atoms with Crippen LogP contribution in [-0.2, 0) is 22.6 Å². The van der Waals surface area contributed by atoms with Gasteiger partial charge in [-0.2, -0.15) is 0 Å². The van der Waals surface area contributed by atoms with Crippen molar-refractivity contribution in [2.24, 2.45) is 0 Å². The molecule has 1 aliphatic rings. The number of ketones is 2. The molecule has 0 aliphatic heterocycles. The number of hydrogen-bond donors (Lipinski definition) is 4. The number of aliphatic hydroxyl groups is 2. The Morgan fingerprint density at radius 2 is 1.52 bits per heavy atom. The molecule has 27 heavy (non-hydrogen) atoms. The standard InChI is InChI=1S/C20H16O6S/c21-14-9-12(6-7-15(14)26-10-11-4-2-1-3-5-11)8-13-16(22)17(23)18(24)19(25)20(13)27/h1-7,9,21,23-24,27H,8,10H2. The third-order valence-electron chi connectivity index (χ3n) is 4.07. The fourth-order valence-corrected chi connectivity index (χ4v) is 2.90. The van der Waals surface area contributed by atoms with Crippen molar-refractivity contribution in [2.45, 2.75) is 13.0 Å². The quantitative estimate of drug-likeness (QED) is 0.466. The van der Waals surface area contributed by atoms with Crippen LogP contribution in [0.4, 0.5) is 0 Å². The van der Waals surface area contributed by atoms with Crippen LogP contribution in [0.3, 0.4) is 0 Å². The van der Waals surface area contributed by atoms with Crippen LogP contribution in [0.2, 0.25) is 0 Å². The Bertz CT molecular complexity index is 975. The molecule has 0 saturated heterocycles. The van der Waals surface area contributed by atoms with Gasteiger partial charge in [0.05, 0.1) is 4.91 Å². The number of aromatic hydroxyl groups is 1. The lowest BCUT2D eigenvalue weighted by molar-refractivity contribution is -0.119. The van der Waals surface area contributed by atoms with Gasteiger partial charge in [0.15, 0.2) is 11.5 Å². The zero-order valence-electron chi connectivity index (χ0n) is 14.0. The summed E-state index contributed by atoms with van der Waals surface area (Å²) in [5.74, 6) is -3.66. The maximum absolute atomic E-state index is 12.1. The molecule has 0 saturated carbocycles. The third kappa shape index (κ3) is 3.83. The topological polar surface area (TPSA) is 104 Å². The summed E-state index contributed by atoms with van der Waals surface area (Å²) in [6.45, 7) is 0.282. The normalized spacial score (nSPS) is 14.7. The highest BCUT2D eigenvalue weighted by Crippen LogP contribution is 2.31. The van der Waals surface area contributed by atoms with Crippen molar-refractivity contribution in [3.05, 3.63) is 81.7 Å². The Labute approximate surface area is 160 Å². The van der Waals surface area contributed by atoms with E-state index in [4.69, 9.17) is 4.74 Å². The smallest absolute Gasteiger partial charge is 0.237 e. The first-order valence-electron chi connectivity index (χ1n) is 8.00. The molecule has 0 heterocycles. The molecule has 0 amide bonds. The molecule has 1 aliphatic carbocycles. The van der Waals surface area contributed by atoms with Gasteiger partial charge in [0, 0.05) is 12.0 Å². The van der Waals surface area contributed by atoms with E-state index in [1.165, 1.54) is 6.07 Å². The summed E-state index contributed by atoms with van der Waals surface area (Å²) in [5, 5.41) is 29.2. The maximum atomic E-state index is 12.1. The van der Waals surface area contributed by atoms with Crippen molar-refractivity contribution in [3.8, 4) is 11.5 Å². The van der Waals surface area contributed by atoms with Crippen LogP contribution in [-0.4, -0.2) is 26.9 Å². The molecule has 3 N–H and O–H groups in total. The van der Waals surface area contributed by atoms with E-state index in [-0.39, 0.29) is 35.0 Å². The number of carbonyl (C=O) groups is 2. The lowest BCUT2D eigenvalue weighted by atomic mass is 9.94. The molecule has 0 atom stereocenters. The van der Waals surface area contributed by atoms with Crippen LogP contribution in [0.5, 0.6) is 11.5 Å². The number of Topliss-reactive ketones (excluding diaryl/α,β-unsaturated/α-hetero) is 2. The highest BCUT2D eigenvalue weighted by molar-refractivity contribution is 7.85. The number of hydrogen-bond acceptors (Lipinski definition) is 7. The number of phenolic OH excluding ortho intramolecular Hbond substituents is 1. The molecule has 138 valence electrons. The van der Waals surface area contributed by atoms with E-state index >= 15 is 0 Å². The van der Waals surface area contributed by atoms with Crippen molar-refractivity contribution in [3.63, 3.8) is 0 Å². The van der Waals surface area contributed by atoms with E-state index in [1.807, 2.05) is 30.3 Å². The molecule has 0 spiro atoms. The predicted molar refractivity (Wildman–Crippen MR) is 101 cm³/mol. The first kappa shape index (κ1) is 18.6. The monoisotopic (exact) mass is 384 g/mol.